The molecule has 0 aromatic carbocycles. The average molecular weight is 217 g/mol. The van der Waals surface area contributed by atoms with Gasteiger partial charge in [-0.05, 0) is 19.9 Å². The van der Waals surface area contributed by atoms with Crippen LogP contribution in [0.4, 0.5) is 0 Å². The molecule has 1 aromatic heterocycles. The molecule has 0 saturated heterocycles. The third kappa shape index (κ3) is 3.33. The number of hydrogen-bond donors (Lipinski definition) is 0. The lowest BCUT2D eigenvalue weighted by Gasteiger charge is -1.97. The van der Waals surface area contributed by atoms with Crippen molar-refractivity contribution in [1.82, 2.24) is 4.98 Å². The van der Waals surface area contributed by atoms with Crippen molar-refractivity contribution in [3.63, 3.8) is 0 Å². The van der Waals surface area contributed by atoms with Crippen LogP contribution >= 0.6 is 11.3 Å². The summed E-state index contributed by atoms with van der Waals surface area (Å²) in [4.78, 5) is 5.54. The van der Waals surface area contributed by atoms with E-state index in [1.54, 1.807) is 17.4 Å². The highest BCUT2D eigenvalue weighted by Gasteiger charge is 2.01. The molecule has 1 aromatic rings. The molecule has 0 spiro atoms. The maximum absolute atomic E-state index is 4.33. The first-order chi connectivity index (χ1) is 7.17. The van der Waals surface area contributed by atoms with Crippen LogP contribution in [-0.4, -0.2) is 4.98 Å². The Morgan fingerprint density at radius 3 is 2.67 bits per heavy atom. The van der Waals surface area contributed by atoms with E-state index in [1.165, 1.54) is 4.88 Å². The molecule has 0 N–H and O–H groups in total. The van der Waals surface area contributed by atoms with Crippen LogP contribution in [0.2, 0.25) is 0 Å². The summed E-state index contributed by atoms with van der Waals surface area (Å²) < 4.78 is 0. The summed E-state index contributed by atoms with van der Waals surface area (Å²) in [7, 11) is 0. The van der Waals surface area contributed by atoms with Gasteiger partial charge in [0.1, 0.15) is 5.01 Å². The lowest BCUT2D eigenvalue weighted by molar-refractivity contribution is 1.35. The van der Waals surface area contributed by atoms with Gasteiger partial charge < -0.3 is 0 Å². The average Bonchev–Trinajstić information content (AvgIpc) is 2.61. The molecule has 0 radical (unpaired) electrons. The zero-order valence-electron chi connectivity index (χ0n) is 9.16. The molecule has 78 valence electrons. The Kier molecular flexibility index (Phi) is 4.25. The second kappa shape index (κ2) is 5.47. The van der Waals surface area contributed by atoms with Crippen molar-refractivity contribution < 1.29 is 0 Å². The van der Waals surface area contributed by atoms with Gasteiger partial charge in [0.25, 0.3) is 0 Å². The van der Waals surface area contributed by atoms with Crippen molar-refractivity contribution in [2.75, 3.05) is 0 Å². The minimum atomic E-state index is 1.01. The Bertz CT molecular complexity index is 421. The van der Waals surface area contributed by atoms with E-state index >= 15 is 0 Å². The number of nitrogens with zero attached hydrogens (tertiary/aromatic N) is 1. The lowest BCUT2D eigenvalue weighted by Crippen LogP contribution is -1.79. The third-order valence-electron chi connectivity index (χ3n) is 1.85. The molecule has 1 rings (SSSR count). The highest BCUT2D eigenvalue weighted by atomic mass is 32.1. The first-order valence-electron chi connectivity index (χ1n) is 4.73. The van der Waals surface area contributed by atoms with Crippen molar-refractivity contribution in [3.8, 4) is 0 Å². The summed E-state index contributed by atoms with van der Waals surface area (Å²) in [5.74, 6) is 0. The highest BCUT2D eigenvalue weighted by Crippen LogP contribution is 2.22. The molecule has 15 heavy (non-hydrogen) atoms. The molecule has 0 amide bonds. The predicted molar refractivity (Wildman–Crippen MR) is 69.0 cm³/mol. The van der Waals surface area contributed by atoms with Gasteiger partial charge in [-0.15, -0.1) is 11.3 Å². The van der Waals surface area contributed by atoms with Crippen LogP contribution < -0.4 is 0 Å². The van der Waals surface area contributed by atoms with Crippen LogP contribution in [0.1, 0.15) is 16.8 Å². The number of rotatable bonds is 4. The van der Waals surface area contributed by atoms with Crippen molar-refractivity contribution in [1.29, 1.82) is 0 Å². The molecule has 0 atom stereocenters. The minimum absolute atomic E-state index is 1.01. The van der Waals surface area contributed by atoms with Crippen molar-refractivity contribution in [2.24, 2.45) is 0 Å². The quantitative estimate of drug-likeness (QED) is 0.690. The number of aryl methyl sites for hydroxylation is 1. The molecular formula is C13H15NS. The molecule has 0 fully saturated rings. The van der Waals surface area contributed by atoms with Gasteiger partial charge in [-0.1, -0.05) is 37.0 Å². The SMILES string of the molecule is C=C/C=C(C)\C=C(/C=C)c1ncc(C)s1. The van der Waals surface area contributed by atoms with E-state index in [0.717, 1.165) is 16.2 Å². The van der Waals surface area contributed by atoms with E-state index in [9.17, 15) is 0 Å². The summed E-state index contributed by atoms with van der Waals surface area (Å²) in [5.41, 5.74) is 2.21. The lowest BCUT2D eigenvalue weighted by atomic mass is 10.1. The predicted octanol–water partition coefficient (Wildman–Crippen LogP) is 4.15. The fourth-order valence-electron chi connectivity index (χ4n) is 1.18. The van der Waals surface area contributed by atoms with E-state index in [0.29, 0.717) is 0 Å². The number of thiazole rings is 1. The van der Waals surface area contributed by atoms with Gasteiger partial charge in [-0.3, -0.25) is 0 Å². The van der Waals surface area contributed by atoms with Crippen LogP contribution in [-0.2, 0) is 0 Å². The first-order valence-corrected chi connectivity index (χ1v) is 5.55. The fraction of sp³-hybridized carbons (Fsp3) is 0.154. The standard InChI is InChI=1S/C13H15NS/c1-5-7-10(3)8-12(6-2)13-14-9-11(4)15-13/h5-9H,1-2H2,3-4H3/b10-7-,12-8+. The van der Waals surface area contributed by atoms with Gasteiger partial charge in [-0.25, -0.2) is 4.98 Å². The Labute approximate surface area is 95.2 Å². The van der Waals surface area contributed by atoms with Gasteiger partial charge >= 0.3 is 0 Å². The maximum Gasteiger partial charge on any atom is 0.123 e. The Morgan fingerprint density at radius 1 is 1.47 bits per heavy atom. The molecular weight excluding hydrogens is 202 g/mol. The Morgan fingerprint density at radius 2 is 2.20 bits per heavy atom. The molecule has 0 aliphatic heterocycles. The normalized spacial score (nSPS) is 12.7. The summed E-state index contributed by atoms with van der Waals surface area (Å²) in [6.07, 6.45) is 9.51. The van der Waals surface area contributed by atoms with Gasteiger partial charge in [0.15, 0.2) is 0 Å². The van der Waals surface area contributed by atoms with Gasteiger partial charge in [0.2, 0.25) is 0 Å². The van der Waals surface area contributed by atoms with E-state index < -0.39 is 0 Å². The number of hydrogen-bond acceptors (Lipinski definition) is 2. The molecule has 0 saturated carbocycles. The number of aromatic nitrogens is 1. The maximum atomic E-state index is 4.33. The van der Waals surface area contributed by atoms with E-state index in [-0.39, 0.29) is 0 Å². The van der Waals surface area contributed by atoms with Gasteiger partial charge in [0.05, 0.1) is 0 Å². The van der Waals surface area contributed by atoms with Crippen molar-refractivity contribution in [3.05, 3.63) is 59.1 Å². The molecule has 1 heterocycles. The van der Waals surface area contributed by atoms with E-state index in [4.69, 9.17) is 0 Å². The van der Waals surface area contributed by atoms with Crippen LogP contribution in [0.5, 0.6) is 0 Å². The Balaban J connectivity index is 3.03. The second-order valence-corrected chi connectivity index (χ2v) is 4.46. The number of allylic oxidation sites excluding steroid dienone is 6. The van der Waals surface area contributed by atoms with Crippen LogP contribution in [0, 0.1) is 6.92 Å². The largest absolute Gasteiger partial charge is 0.244 e. The van der Waals surface area contributed by atoms with Crippen LogP contribution in [0.3, 0.4) is 0 Å². The third-order valence-corrected chi connectivity index (χ3v) is 2.81. The summed E-state index contributed by atoms with van der Waals surface area (Å²) in [6, 6.07) is 0. The molecule has 0 unspecified atom stereocenters. The summed E-state index contributed by atoms with van der Waals surface area (Å²) in [6.45, 7) is 11.6. The zero-order valence-corrected chi connectivity index (χ0v) is 9.97. The smallest absolute Gasteiger partial charge is 0.123 e. The second-order valence-electron chi connectivity index (χ2n) is 3.23. The molecule has 0 aliphatic rings. The fourth-order valence-corrected chi connectivity index (χ4v) is 1.95. The van der Waals surface area contributed by atoms with Crippen LogP contribution in [0.25, 0.3) is 5.57 Å². The first kappa shape index (κ1) is 11.7. The molecule has 0 aliphatic carbocycles. The molecule has 1 nitrogen and oxygen atoms in total. The topological polar surface area (TPSA) is 12.9 Å². The molecule has 0 bridgehead atoms. The monoisotopic (exact) mass is 217 g/mol. The zero-order chi connectivity index (χ0) is 11.3. The van der Waals surface area contributed by atoms with E-state index in [2.05, 4.69) is 24.2 Å². The van der Waals surface area contributed by atoms with E-state index in [1.807, 2.05) is 32.2 Å². The van der Waals surface area contributed by atoms with Crippen molar-refractivity contribution in [2.45, 2.75) is 13.8 Å². The van der Waals surface area contributed by atoms with Crippen LogP contribution in [0.15, 0.2) is 49.2 Å². The minimum Gasteiger partial charge on any atom is -0.244 e. The summed E-state index contributed by atoms with van der Waals surface area (Å²) in [5, 5.41) is 1.01. The van der Waals surface area contributed by atoms with Gasteiger partial charge in [0, 0.05) is 16.6 Å². The van der Waals surface area contributed by atoms with Crippen molar-refractivity contribution >= 4 is 16.9 Å². The van der Waals surface area contributed by atoms with Gasteiger partial charge in [-0.2, -0.15) is 0 Å². The molecule has 2 heteroatoms. The Hall–Kier alpha value is -1.41. The summed E-state index contributed by atoms with van der Waals surface area (Å²) >= 11 is 1.68. The highest BCUT2D eigenvalue weighted by molar-refractivity contribution is 7.12.